The summed E-state index contributed by atoms with van der Waals surface area (Å²) in [6.45, 7) is 10.8. The van der Waals surface area contributed by atoms with E-state index in [0.29, 0.717) is 43.4 Å². The van der Waals surface area contributed by atoms with E-state index in [-0.39, 0.29) is 10.8 Å². The van der Waals surface area contributed by atoms with E-state index >= 15 is 0 Å². The molecule has 0 aromatic heterocycles. The van der Waals surface area contributed by atoms with Crippen LogP contribution < -0.4 is 10.0 Å². The summed E-state index contributed by atoms with van der Waals surface area (Å²) in [7, 11) is -9.16. The van der Waals surface area contributed by atoms with Gasteiger partial charge in [0.2, 0.25) is 15.9 Å². The summed E-state index contributed by atoms with van der Waals surface area (Å²) in [4.78, 5) is 33.7. The summed E-state index contributed by atoms with van der Waals surface area (Å²) >= 11 is 0. The Hall–Kier alpha value is -2.28. The zero-order valence-corrected chi connectivity index (χ0v) is 27.4. The lowest BCUT2D eigenvalue weighted by atomic mass is 9.58. The van der Waals surface area contributed by atoms with Crippen LogP contribution in [0, 0.1) is 16.7 Å². The highest BCUT2D eigenvalue weighted by molar-refractivity contribution is 7.89. The average Bonchev–Trinajstić information content (AvgIpc) is 2.89. The van der Waals surface area contributed by atoms with E-state index in [9.17, 15) is 40.7 Å². The fourth-order valence-corrected chi connectivity index (χ4v) is 8.75. The zero-order valence-electron chi connectivity index (χ0n) is 25.7. The van der Waals surface area contributed by atoms with Crippen molar-refractivity contribution < 1.29 is 45.3 Å². The Morgan fingerprint density at radius 3 is 1.82 bits per heavy atom. The molecule has 44 heavy (non-hydrogen) atoms. The first kappa shape index (κ1) is 36.2. The predicted molar refractivity (Wildman–Crippen MR) is 160 cm³/mol. The van der Waals surface area contributed by atoms with Crippen LogP contribution in [0.1, 0.15) is 84.4 Å². The van der Waals surface area contributed by atoms with Crippen molar-refractivity contribution >= 4 is 23.8 Å². The van der Waals surface area contributed by atoms with Gasteiger partial charge in [0.1, 0.15) is 5.60 Å². The number of phosphoric ester groups is 1. The number of rotatable bonds is 9. The van der Waals surface area contributed by atoms with Crippen molar-refractivity contribution in [1.29, 1.82) is 0 Å². The first-order valence-electron chi connectivity index (χ1n) is 14.3. The number of amides is 1. The second-order valence-electron chi connectivity index (χ2n) is 13.4. The lowest BCUT2D eigenvalue weighted by Crippen LogP contribution is -2.63. The van der Waals surface area contributed by atoms with Crippen molar-refractivity contribution in [2.24, 2.45) is 16.7 Å². The average molecular weight is 663 g/mol. The van der Waals surface area contributed by atoms with E-state index in [1.54, 1.807) is 71.9 Å². The molecule has 1 amide bonds. The van der Waals surface area contributed by atoms with Crippen LogP contribution in [0.25, 0.3) is 0 Å². The predicted octanol–water partition coefficient (Wildman–Crippen LogP) is 6.34. The summed E-state index contributed by atoms with van der Waals surface area (Å²) < 4.78 is 85.0. The molecule has 3 rings (SSSR count). The van der Waals surface area contributed by atoms with Gasteiger partial charge in [-0.25, -0.2) is 17.7 Å². The van der Waals surface area contributed by atoms with Gasteiger partial charge in [-0.2, -0.15) is 13.2 Å². The Morgan fingerprint density at radius 2 is 1.39 bits per heavy atom. The van der Waals surface area contributed by atoms with E-state index in [1.807, 2.05) is 0 Å². The van der Waals surface area contributed by atoms with Gasteiger partial charge in [-0.05, 0) is 66.3 Å². The van der Waals surface area contributed by atoms with Crippen molar-refractivity contribution in [3.8, 4) is 0 Å². The molecule has 1 saturated carbocycles. The highest BCUT2D eigenvalue weighted by atomic mass is 32.2. The Bertz CT molecular complexity index is 1430. The zero-order chi connectivity index (χ0) is 33.4. The van der Waals surface area contributed by atoms with Crippen molar-refractivity contribution in [1.82, 2.24) is 10.0 Å². The smallest absolute Gasteiger partial charge is 0.346 e. The Labute approximate surface area is 257 Å². The molecular weight excluding hydrogens is 620 g/mol. The minimum atomic E-state index is -5.07. The molecule has 0 saturated heterocycles. The van der Waals surface area contributed by atoms with Crippen LogP contribution in [0.3, 0.4) is 0 Å². The van der Waals surface area contributed by atoms with Gasteiger partial charge in [0.25, 0.3) is 0 Å². The molecule has 0 bridgehead atoms. The molecule has 2 aromatic rings. The van der Waals surface area contributed by atoms with Gasteiger partial charge in [0.05, 0.1) is 16.5 Å². The number of alkyl halides is 3. The van der Waals surface area contributed by atoms with Crippen LogP contribution in [0.15, 0.2) is 59.5 Å². The molecule has 2 aromatic carbocycles. The minimum absolute atomic E-state index is 0.290. The van der Waals surface area contributed by atoms with Crippen LogP contribution >= 0.6 is 7.82 Å². The number of hydrogen-bond donors (Lipinski definition) is 4. The maximum Gasteiger partial charge on any atom is 0.470 e. The number of benzene rings is 2. The van der Waals surface area contributed by atoms with E-state index in [2.05, 4.69) is 10.0 Å². The van der Waals surface area contributed by atoms with Crippen molar-refractivity contribution in [3.63, 3.8) is 0 Å². The molecule has 9 nitrogen and oxygen atoms in total. The minimum Gasteiger partial charge on any atom is -0.346 e. The lowest BCUT2D eigenvalue weighted by molar-refractivity contribution is -0.159. The number of carbonyl (C=O) groups excluding carboxylic acids is 1. The molecule has 0 radical (unpaired) electrons. The molecule has 1 atom stereocenters. The third kappa shape index (κ3) is 8.30. The van der Waals surface area contributed by atoms with Crippen molar-refractivity contribution in [3.05, 3.63) is 65.7 Å². The third-order valence-corrected chi connectivity index (χ3v) is 10.3. The molecular formula is C30H42F3N2O7PS. The SMILES string of the molecule is CC(C)(C)C(OP(=O)(O)O)([C@@H](NC(=O)[C@H]1CC[C@H](NS(=O)(=O)c2ccc(C(F)(F)F)cc2)CC1)c1ccccc1)C(C)(C)C. The van der Waals surface area contributed by atoms with Crippen LogP contribution in [0.4, 0.5) is 13.2 Å². The highest BCUT2D eigenvalue weighted by Crippen LogP contribution is 2.60. The van der Waals surface area contributed by atoms with Crippen LogP contribution in [0.2, 0.25) is 0 Å². The number of hydrogen-bond acceptors (Lipinski definition) is 5. The summed E-state index contributed by atoms with van der Waals surface area (Å²) in [5, 5.41) is 3.05. The Balaban J connectivity index is 1.83. The van der Waals surface area contributed by atoms with E-state index in [0.717, 1.165) is 12.1 Å². The van der Waals surface area contributed by atoms with E-state index in [1.165, 1.54) is 0 Å². The van der Waals surface area contributed by atoms with E-state index in [4.69, 9.17) is 4.52 Å². The van der Waals surface area contributed by atoms with Crippen LogP contribution in [-0.4, -0.2) is 35.8 Å². The normalized spacial score (nSPS) is 19.8. The number of phosphoric acid groups is 1. The lowest BCUT2D eigenvalue weighted by Gasteiger charge is -2.56. The molecule has 0 heterocycles. The maximum atomic E-state index is 13.8. The fraction of sp³-hybridized carbons (Fsp3) is 0.567. The van der Waals surface area contributed by atoms with Gasteiger partial charge in [0, 0.05) is 12.0 Å². The number of nitrogens with one attached hydrogen (secondary N) is 2. The van der Waals surface area contributed by atoms with Gasteiger partial charge < -0.3 is 15.1 Å². The third-order valence-electron chi connectivity index (χ3n) is 8.23. The van der Waals surface area contributed by atoms with Crippen molar-refractivity contribution in [2.45, 2.75) is 96.0 Å². The fourth-order valence-electron chi connectivity index (χ4n) is 6.41. The monoisotopic (exact) mass is 662 g/mol. The van der Waals surface area contributed by atoms with Gasteiger partial charge in [-0.15, -0.1) is 0 Å². The summed E-state index contributed by atoms with van der Waals surface area (Å²) in [6.07, 6.45) is -3.36. The van der Waals surface area contributed by atoms with Gasteiger partial charge in [-0.1, -0.05) is 71.9 Å². The largest absolute Gasteiger partial charge is 0.470 e. The first-order valence-corrected chi connectivity index (χ1v) is 17.3. The standard InChI is InChI=1S/C30H42F3N2O7PS/c1-27(2,3)29(28(4,5)6,42-43(37,38)39)25(20-10-8-7-9-11-20)34-26(36)21-12-16-23(17-13-21)35-44(40,41)24-18-14-22(15-19-24)30(31,32)33/h7-11,14-15,18-19,21,23,25,35H,12-13,16-17H2,1-6H3,(H,34,36)(H2,37,38,39)/t21-,23-,25-/m0/s1. The maximum absolute atomic E-state index is 13.8. The number of sulfonamides is 1. The summed E-state index contributed by atoms with van der Waals surface area (Å²) in [5.41, 5.74) is -3.74. The summed E-state index contributed by atoms with van der Waals surface area (Å²) in [5.74, 6) is -0.893. The Morgan fingerprint density at radius 1 is 0.886 bits per heavy atom. The molecule has 1 aliphatic carbocycles. The van der Waals surface area contributed by atoms with Gasteiger partial charge in [0.15, 0.2) is 0 Å². The summed E-state index contributed by atoms with van der Waals surface area (Å²) in [6, 6.07) is 10.6. The number of carbonyl (C=O) groups is 1. The topological polar surface area (TPSA) is 142 Å². The molecule has 246 valence electrons. The number of halogens is 3. The molecule has 4 N–H and O–H groups in total. The van der Waals surface area contributed by atoms with Crippen molar-refractivity contribution in [2.75, 3.05) is 0 Å². The Kier molecular flexibility index (Phi) is 10.6. The first-order chi connectivity index (χ1) is 20.0. The van der Waals surface area contributed by atoms with Crippen LogP contribution in [0.5, 0.6) is 0 Å². The quantitative estimate of drug-likeness (QED) is 0.230. The molecule has 0 unspecified atom stereocenters. The highest BCUT2D eigenvalue weighted by Gasteiger charge is 2.61. The second kappa shape index (κ2) is 12.8. The molecule has 1 aliphatic rings. The second-order valence-corrected chi connectivity index (χ2v) is 16.2. The van der Waals surface area contributed by atoms with Gasteiger partial charge >= 0.3 is 14.0 Å². The molecule has 0 spiro atoms. The van der Waals surface area contributed by atoms with E-state index < -0.39 is 64.0 Å². The van der Waals surface area contributed by atoms with Crippen LogP contribution in [-0.2, 0) is 30.1 Å². The van der Waals surface area contributed by atoms with Gasteiger partial charge in [-0.3, -0.25) is 9.32 Å². The molecule has 0 aliphatic heterocycles. The molecule has 1 fully saturated rings. The molecule has 14 heteroatoms.